The number of rotatable bonds is 2. The average molecular weight is 248 g/mol. The van der Waals surface area contributed by atoms with Crippen molar-refractivity contribution in [3.8, 4) is 0 Å². The summed E-state index contributed by atoms with van der Waals surface area (Å²) in [4.78, 5) is 27.9. The molecular weight excluding hydrogens is 232 g/mol. The van der Waals surface area contributed by atoms with Crippen LogP contribution in [0.2, 0.25) is 0 Å². The Kier molecular flexibility index (Phi) is 2.35. The molecule has 2 N–H and O–H groups in total. The maximum absolute atomic E-state index is 12.1. The van der Waals surface area contributed by atoms with E-state index in [0.717, 1.165) is 18.5 Å². The summed E-state index contributed by atoms with van der Waals surface area (Å²) in [6, 6.07) is 3.26. The van der Waals surface area contributed by atoms with Crippen molar-refractivity contribution < 1.29 is 9.90 Å². The monoisotopic (exact) mass is 248 g/mol. The minimum Gasteiger partial charge on any atom is -0.386 e. The second kappa shape index (κ2) is 3.68. The van der Waals surface area contributed by atoms with Crippen molar-refractivity contribution in [2.75, 3.05) is 13.1 Å². The van der Waals surface area contributed by atoms with Gasteiger partial charge in [0.1, 0.15) is 11.2 Å². The van der Waals surface area contributed by atoms with Crippen molar-refractivity contribution in [1.82, 2.24) is 9.88 Å². The van der Waals surface area contributed by atoms with Crippen molar-refractivity contribution >= 4 is 5.91 Å². The Hall–Kier alpha value is -1.62. The highest BCUT2D eigenvalue weighted by Crippen LogP contribution is 2.44. The largest absolute Gasteiger partial charge is 0.386 e. The fourth-order valence-corrected chi connectivity index (χ4v) is 2.55. The molecule has 2 fully saturated rings. The normalized spacial score (nSPS) is 21.6. The number of carbonyl (C=O) groups is 1. The average Bonchev–Trinajstić information content (AvgIpc) is 3.08. The lowest BCUT2D eigenvalue weighted by Gasteiger charge is -2.46. The minimum atomic E-state index is -0.701. The van der Waals surface area contributed by atoms with Crippen LogP contribution < -0.4 is 5.56 Å². The summed E-state index contributed by atoms with van der Waals surface area (Å²) in [6.07, 6.45) is 2.09. The third-order valence-corrected chi connectivity index (χ3v) is 3.84. The zero-order valence-electron chi connectivity index (χ0n) is 10.3. The summed E-state index contributed by atoms with van der Waals surface area (Å²) in [6.45, 7) is 2.47. The number of hydrogen-bond donors (Lipinski definition) is 2. The standard InChI is InChI=1S/C13H16N2O3/c1-8-2-5-10(11(16)14-8)12(17)15-6-13(18,7-15)9-3-4-9/h2,5,9,18H,3-4,6-7H2,1H3,(H,14,16). The molecule has 96 valence electrons. The van der Waals surface area contributed by atoms with E-state index in [0.29, 0.717) is 19.0 Å². The molecule has 0 aromatic carbocycles. The second-order valence-electron chi connectivity index (χ2n) is 5.42. The molecule has 1 saturated heterocycles. The van der Waals surface area contributed by atoms with Crippen LogP contribution in [0.25, 0.3) is 0 Å². The van der Waals surface area contributed by atoms with Crippen molar-refractivity contribution in [1.29, 1.82) is 0 Å². The molecule has 2 aliphatic rings. The van der Waals surface area contributed by atoms with Gasteiger partial charge in [0.15, 0.2) is 0 Å². The van der Waals surface area contributed by atoms with Crippen LogP contribution in [0.15, 0.2) is 16.9 Å². The van der Waals surface area contributed by atoms with Gasteiger partial charge in [0.25, 0.3) is 11.5 Å². The Balaban J connectivity index is 1.74. The smallest absolute Gasteiger partial charge is 0.260 e. The van der Waals surface area contributed by atoms with Crippen LogP contribution in [0.4, 0.5) is 0 Å². The molecule has 1 aromatic rings. The highest BCUT2D eigenvalue weighted by molar-refractivity contribution is 5.94. The van der Waals surface area contributed by atoms with E-state index in [-0.39, 0.29) is 17.0 Å². The number of aryl methyl sites for hydroxylation is 1. The van der Waals surface area contributed by atoms with Crippen LogP contribution in [0.5, 0.6) is 0 Å². The molecule has 1 saturated carbocycles. The van der Waals surface area contributed by atoms with Crippen molar-refractivity contribution in [3.05, 3.63) is 33.7 Å². The topological polar surface area (TPSA) is 73.4 Å². The van der Waals surface area contributed by atoms with Crippen LogP contribution in [0.3, 0.4) is 0 Å². The van der Waals surface area contributed by atoms with Gasteiger partial charge in [-0.2, -0.15) is 0 Å². The molecule has 0 radical (unpaired) electrons. The molecule has 5 heteroatoms. The number of nitrogens with zero attached hydrogens (tertiary/aromatic N) is 1. The van der Waals surface area contributed by atoms with Gasteiger partial charge in [-0.25, -0.2) is 0 Å². The molecule has 0 bridgehead atoms. The van der Waals surface area contributed by atoms with E-state index in [1.807, 2.05) is 0 Å². The summed E-state index contributed by atoms with van der Waals surface area (Å²) < 4.78 is 0. The summed E-state index contributed by atoms with van der Waals surface area (Å²) in [5, 5.41) is 10.1. The Labute approximate surface area is 104 Å². The number of likely N-dealkylation sites (tertiary alicyclic amines) is 1. The number of pyridine rings is 1. The SMILES string of the molecule is Cc1ccc(C(=O)N2CC(O)(C3CC3)C2)c(=O)[nH]1. The highest BCUT2D eigenvalue weighted by atomic mass is 16.3. The van der Waals surface area contributed by atoms with Gasteiger partial charge in [-0.1, -0.05) is 0 Å². The van der Waals surface area contributed by atoms with E-state index in [1.165, 1.54) is 4.90 Å². The van der Waals surface area contributed by atoms with E-state index in [2.05, 4.69) is 4.98 Å². The Bertz CT molecular complexity index is 554. The molecule has 0 unspecified atom stereocenters. The Morgan fingerprint density at radius 1 is 1.44 bits per heavy atom. The predicted molar refractivity (Wildman–Crippen MR) is 65.4 cm³/mol. The molecule has 18 heavy (non-hydrogen) atoms. The number of carbonyl (C=O) groups excluding carboxylic acids is 1. The lowest BCUT2D eigenvalue weighted by atomic mass is 9.88. The number of H-pyrrole nitrogens is 1. The van der Waals surface area contributed by atoms with Gasteiger partial charge in [-0.3, -0.25) is 9.59 Å². The molecule has 0 atom stereocenters. The number of nitrogens with one attached hydrogen (secondary N) is 1. The van der Waals surface area contributed by atoms with Crippen LogP contribution in [0.1, 0.15) is 28.9 Å². The summed E-state index contributed by atoms with van der Waals surface area (Å²) >= 11 is 0. The van der Waals surface area contributed by atoms with E-state index in [4.69, 9.17) is 0 Å². The van der Waals surface area contributed by atoms with Crippen molar-refractivity contribution in [2.45, 2.75) is 25.4 Å². The molecule has 5 nitrogen and oxygen atoms in total. The van der Waals surface area contributed by atoms with Crippen molar-refractivity contribution in [2.24, 2.45) is 5.92 Å². The zero-order chi connectivity index (χ0) is 12.9. The molecule has 3 rings (SSSR count). The van der Waals surface area contributed by atoms with Gasteiger partial charge in [-0.05, 0) is 37.8 Å². The number of amides is 1. The first-order valence-electron chi connectivity index (χ1n) is 6.21. The maximum Gasteiger partial charge on any atom is 0.260 e. The van der Waals surface area contributed by atoms with Gasteiger partial charge in [0.05, 0.1) is 13.1 Å². The predicted octanol–water partition coefficient (Wildman–Crippen LogP) is 0.280. The fourth-order valence-electron chi connectivity index (χ4n) is 2.55. The van der Waals surface area contributed by atoms with E-state index < -0.39 is 5.60 Å². The van der Waals surface area contributed by atoms with E-state index >= 15 is 0 Å². The molecule has 2 heterocycles. The first-order chi connectivity index (χ1) is 8.49. The van der Waals surface area contributed by atoms with Crippen LogP contribution >= 0.6 is 0 Å². The lowest BCUT2D eigenvalue weighted by molar-refractivity contribution is -0.0958. The van der Waals surface area contributed by atoms with Crippen molar-refractivity contribution in [3.63, 3.8) is 0 Å². The Morgan fingerprint density at radius 2 is 2.11 bits per heavy atom. The molecule has 1 aliphatic heterocycles. The lowest BCUT2D eigenvalue weighted by Crippen LogP contribution is -2.65. The first-order valence-corrected chi connectivity index (χ1v) is 6.21. The van der Waals surface area contributed by atoms with E-state index in [1.54, 1.807) is 19.1 Å². The molecule has 0 spiro atoms. The van der Waals surface area contributed by atoms with Crippen LogP contribution in [0, 0.1) is 12.8 Å². The summed E-state index contributed by atoms with van der Waals surface area (Å²) in [5.41, 5.74) is -0.178. The van der Waals surface area contributed by atoms with Gasteiger partial charge >= 0.3 is 0 Å². The van der Waals surface area contributed by atoms with Gasteiger partial charge < -0.3 is 15.0 Å². The number of aliphatic hydroxyl groups is 1. The Morgan fingerprint density at radius 3 is 2.67 bits per heavy atom. The fraction of sp³-hybridized carbons (Fsp3) is 0.538. The van der Waals surface area contributed by atoms with Crippen LogP contribution in [-0.2, 0) is 0 Å². The summed E-state index contributed by atoms with van der Waals surface area (Å²) in [5.74, 6) is 0.0550. The second-order valence-corrected chi connectivity index (χ2v) is 5.42. The third kappa shape index (κ3) is 1.75. The molecule has 1 aromatic heterocycles. The van der Waals surface area contributed by atoms with Gasteiger partial charge in [0, 0.05) is 5.69 Å². The minimum absolute atomic E-state index is 0.151. The number of aromatic amines is 1. The van der Waals surface area contributed by atoms with E-state index in [9.17, 15) is 14.7 Å². The third-order valence-electron chi connectivity index (χ3n) is 3.84. The number of β-amino-alcohol motifs (C(OH)–C–C–N with tert-alkyl or cyclic N) is 1. The molecular formula is C13H16N2O3. The molecule has 1 amide bonds. The molecule has 1 aliphatic carbocycles. The van der Waals surface area contributed by atoms with Gasteiger partial charge in [-0.15, -0.1) is 0 Å². The maximum atomic E-state index is 12.1. The zero-order valence-corrected chi connectivity index (χ0v) is 10.3. The number of hydrogen-bond acceptors (Lipinski definition) is 3. The quantitative estimate of drug-likeness (QED) is 0.789. The number of aromatic nitrogens is 1. The summed E-state index contributed by atoms with van der Waals surface area (Å²) in [7, 11) is 0. The highest BCUT2D eigenvalue weighted by Gasteiger charge is 2.53. The van der Waals surface area contributed by atoms with Crippen LogP contribution in [-0.4, -0.2) is 39.6 Å². The van der Waals surface area contributed by atoms with Gasteiger partial charge in [0.2, 0.25) is 0 Å². The first kappa shape index (κ1) is 11.5.